The van der Waals surface area contributed by atoms with E-state index in [-0.39, 0.29) is 24.2 Å². The van der Waals surface area contributed by atoms with Gasteiger partial charge in [0, 0.05) is 44.4 Å². The van der Waals surface area contributed by atoms with Crippen molar-refractivity contribution < 1.29 is 9.59 Å². The second-order valence-corrected chi connectivity index (χ2v) is 9.47. The van der Waals surface area contributed by atoms with Crippen molar-refractivity contribution in [2.24, 2.45) is 5.92 Å². The van der Waals surface area contributed by atoms with Crippen LogP contribution >= 0.6 is 0 Å². The van der Waals surface area contributed by atoms with Crippen LogP contribution in [0.2, 0.25) is 0 Å². The molecule has 4 rings (SSSR count). The first-order valence-electron chi connectivity index (χ1n) is 12.5. The van der Waals surface area contributed by atoms with Crippen molar-refractivity contribution in [3.63, 3.8) is 0 Å². The lowest BCUT2D eigenvalue weighted by atomic mass is 9.85. The molecule has 2 amide bonds. The number of nitrogens with one attached hydrogen (secondary N) is 1. The lowest BCUT2D eigenvalue weighted by Crippen LogP contribution is -2.51. The summed E-state index contributed by atoms with van der Waals surface area (Å²) in [4.78, 5) is 35.7. The number of allylic oxidation sites excluding steroid dienone is 2. The van der Waals surface area contributed by atoms with Gasteiger partial charge in [0.1, 0.15) is 6.04 Å². The third-order valence-electron chi connectivity index (χ3n) is 6.61. The number of carbonyl (C=O) groups excluding carboxylic acids is 2. The van der Waals surface area contributed by atoms with Gasteiger partial charge in [-0.2, -0.15) is 0 Å². The molecule has 1 aliphatic carbocycles. The van der Waals surface area contributed by atoms with Gasteiger partial charge in [-0.15, -0.1) is 0 Å². The van der Waals surface area contributed by atoms with E-state index < -0.39 is 6.04 Å². The quantitative estimate of drug-likeness (QED) is 0.432. The average molecular weight is 483 g/mol. The van der Waals surface area contributed by atoms with Gasteiger partial charge in [0.05, 0.1) is 6.42 Å². The van der Waals surface area contributed by atoms with Gasteiger partial charge in [-0.25, -0.2) is 0 Å². The van der Waals surface area contributed by atoms with E-state index >= 15 is 0 Å². The molecule has 0 fully saturated rings. The normalized spacial score (nSPS) is 15.7. The monoisotopic (exact) mass is 482 g/mol. The summed E-state index contributed by atoms with van der Waals surface area (Å²) >= 11 is 0. The van der Waals surface area contributed by atoms with E-state index in [1.54, 1.807) is 17.3 Å². The number of amides is 2. The number of anilines is 2. The van der Waals surface area contributed by atoms with Gasteiger partial charge in [-0.1, -0.05) is 48.6 Å². The number of carbonyl (C=O) groups is 2. The zero-order valence-electron chi connectivity index (χ0n) is 21.0. The second-order valence-electron chi connectivity index (χ2n) is 9.47. The van der Waals surface area contributed by atoms with Gasteiger partial charge in [0.25, 0.3) is 0 Å². The Hall–Kier alpha value is -3.93. The standard InChI is InChI=1S/C30H34N4O2/c1-33(2)27-17-15-26(16-18-27)32-30(36)29(25-13-7-4-8-14-25)34(22-24-12-9-19-31-21-24)28(35)20-23-10-5-3-6-11-23/h3-7,9-12,15-19,21,25,29H,8,13-14,20,22H2,1-2H3,(H,32,36). The Kier molecular flexibility index (Phi) is 8.50. The molecular weight excluding hydrogens is 448 g/mol. The van der Waals surface area contributed by atoms with Crippen LogP contribution in [0.1, 0.15) is 30.4 Å². The van der Waals surface area contributed by atoms with E-state index in [0.717, 1.165) is 41.8 Å². The molecule has 1 aromatic heterocycles. The predicted molar refractivity (Wildman–Crippen MR) is 145 cm³/mol. The lowest BCUT2D eigenvalue weighted by Gasteiger charge is -2.37. The van der Waals surface area contributed by atoms with Crippen LogP contribution < -0.4 is 10.2 Å². The molecule has 6 heteroatoms. The minimum absolute atomic E-state index is 0.0347. The summed E-state index contributed by atoms with van der Waals surface area (Å²) in [6, 6.07) is 20.7. The van der Waals surface area contributed by atoms with Crippen molar-refractivity contribution in [2.75, 3.05) is 24.3 Å². The minimum atomic E-state index is -0.597. The molecule has 0 spiro atoms. The molecule has 0 bridgehead atoms. The number of nitrogens with zero attached hydrogens (tertiary/aromatic N) is 3. The molecule has 0 aliphatic heterocycles. The zero-order chi connectivity index (χ0) is 25.3. The summed E-state index contributed by atoms with van der Waals surface area (Å²) in [5.41, 5.74) is 3.61. The van der Waals surface area contributed by atoms with E-state index in [4.69, 9.17) is 0 Å². The van der Waals surface area contributed by atoms with Crippen LogP contribution in [0.4, 0.5) is 11.4 Å². The first-order valence-corrected chi connectivity index (χ1v) is 12.5. The number of hydrogen-bond donors (Lipinski definition) is 1. The lowest BCUT2D eigenvalue weighted by molar-refractivity contribution is -0.141. The molecule has 0 saturated heterocycles. The highest BCUT2D eigenvalue weighted by Crippen LogP contribution is 2.28. The Morgan fingerprint density at radius 1 is 0.972 bits per heavy atom. The molecular formula is C30H34N4O2. The molecule has 2 unspecified atom stereocenters. The number of rotatable bonds is 9. The van der Waals surface area contributed by atoms with Gasteiger partial charge < -0.3 is 15.1 Å². The van der Waals surface area contributed by atoms with Gasteiger partial charge in [-0.3, -0.25) is 14.6 Å². The molecule has 36 heavy (non-hydrogen) atoms. The van der Waals surface area contributed by atoms with E-state index in [1.165, 1.54) is 0 Å². The molecule has 6 nitrogen and oxygen atoms in total. The Morgan fingerprint density at radius 2 is 1.72 bits per heavy atom. The third-order valence-corrected chi connectivity index (χ3v) is 6.61. The first-order chi connectivity index (χ1) is 17.5. The maximum absolute atomic E-state index is 13.9. The fourth-order valence-corrected chi connectivity index (χ4v) is 4.68. The third kappa shape index (κ3) is 6.60. The van der Waals surface area contributed by atoms with Gasteiger partial charge in [0.15, 0.2) is 0 Å². The topological polar surface area (TPSA) is 65.5 Å². The first kappa shape index (κ1) is 25.2. The highest BCUT2D eigenvalue weighted by Gasteiger charge is 2.36. The van der Waals surface area contributed by atoms with Crippen molar-refractivity contribution in [1.82, 2.24) is 9.88 Å². The number of pyridine rings is 1. The average Bonchev–Trinajstić information content (AvgIpc) is 2.90. The fourth-order valence-electron chi connectivity index (χ4n) is 4.68. The second kappa shape index (κ2) is 12.2. The van der Waals surface area contributed by atoms with Crippen molar-refractivity contribution in [3.8, 4) is 0 Å². The number of benzene rings is 2. The number of aromatic nitrogens is 1. The van der Waals surface area contributed by atoms with E-state index in [2.05, 4.69) is 22.5 Å². The summed E-state index contributed by atoms with van der Waals surface area (Å²) in [5, 5.41) is 3.10. The van der Waals surface area contributed by atoms with E-state index in [0.29, 0.717) is 6.54 Å². The molecule has 3 aromatic rings. The summed E-state index contributed by atoms with van der Waals surface area (Å²) in [6.07, 6.45) is 10.5. The van der Waals surface area contributed by atoms with Gasteiger partial charge in [-0.05, 0) is 66.6 Å². The largest absolute Gasteiger partial charge is 0.378 e. The highest BCUT2D eigenvalue weighted by atomic mass is 16.2. The van der Waals surface area contributed by atoms with Crippen LogP contribution in [-0.4, -0.2) is 41.8 Å². The molecule has 0 radical (unpaired) electrons. The van der Waals surface area contributed by atoms with Crippen molar-refractivity contribution >= 4 is 23.2 Å². The fraction of sp³-hybridized carbons (Fsp3) is 0.300. The molecule has 186 valence electrons. The van der Waals surface area contributed by atoms with Crippen molar-refractivity contribution in [2.45, 2.75) is 38.3 Å². The van der Waals surface area contributed by atoms with Crippen LogP contribution in [0, 0.1) is 5.92 Å². The van der Waals surface area contributed by atoms with Crippen LogP contribution in [0.15, 0.2) is 91.3 Å². The zero-order valence-corrected chi connectivity index (χ0v) is 21.0. The van der Waals surface area contributed by atoms with E-state index in [1.807, 2.05) is 85.7 Å². The molecule has 1 heterocycles. The van der Waals surface area contributed by atoms with Crippen molar-refractivity contribution in [1.29, 1.82) is 0 Å². The Bertz CT molecular complexity index is 1160. The summed E-state index contributed by atoms with van der Waals surface area (Å²) in [5.74, 6) is -0.187. The molecule has 2 aromatic carbocycles. The van der Waals surface area contributed by atoms with Crippen LogP contribution in [0.3, 0.4) is 0 Å². The van der Waals surface area contributed by atoms with Gasteiger partial charge >= 0.3 is 0 Å². The van der Waals surface area contributed by atoms with E-state index in [9.17, 15) is 9.59 Å². The van der Waals surface area contributed by atoms with Gasteiger partial charge in [0.2, 0.25) is 11.8 Å². The minimum Gasteiger partial charge on any atom is -0.378 e. The molecule has 0 saturated carbocycles. The maximum Gasteiger partial charge on any atom is 0.247 e. The Labute approximate surface area is 213 Å². The molecule has 2 atom stereocenters. The maximum atomic E-state index is 13.9. The van der Waals surface area contributed by atoms with Crippen LogP contribution in [-0.2, 0) is 22.6 Å². The summed E-state index contributed by atoms with van der Waals surface area (Å²) in [6.45, 7) is 0.331. The predicted octanol–water partition coefficient (Wildman–Crippen LogP) is 5.08. The number of hydrogen-bond acceptors (Lipinski definition) is 4. The SMILES string of the molecule is CN(C)c1ccc(NC(=O)C(C2CC=CCC2)N(Cc2cccnc2)C(=O)Cc2ccccc2)cc1. The summed E-state index contributed by atoms with van der Waals surface area (Å²) < 4.78 is 0. The Morgan fingerprint density at radius 3 is 2.36 bits per heavy atom. The Balaban J connectivity index is 1.65. The highest BCUT2D eigenvalue weighted by molar-refractivity contribution is 5.97. The summed E-state index contributed by atoms with van der Waals surface area (Å²) in [7, 11) is 3.96. The van der Waals surface area contributed by atoms with Crippen molar-refractivity contribution in [3.05, 3.63) is 102 Å². The molecule has 1 aliphatic rings. The molecule has 1 N–H and O–H groups in total. The van der Waals surface area contributed by atoms with Crippen LogP contribution in [0.5, 0.6) is 0 Å². The smallest absolute Gasteiger partial charge is 0.247 e. The van der Waals surface area contributed by atoms with Crippen LogP contribution in [0.25, 0.3) is 0 Å².